The Morgan fingerprint density at radius 1 is 1.11 bits per heavy atom. The van der Waals surface area contributed by atoms with Gasteiger partial charge < -0.3 is 16.0 Å². The summed E-state index contributed by atoms with van der Waals surface area (Å²) in [7, 11) is 2.08. The number of rotatable bonds is 12. The van der Waals surface area contributed by atoms with Crippen molar-refractivity contribution in [2.45, 2.75) is 51.9 Å². The molecule has 0 fully saturated rings. The van der Waals surface area contributed by atoms with Gasteiger partial charge in [0.25, 0.3) is 0 Å². The minimum Gasteiger partial charge on any atom is -0.356 e. The largest absolute Gasteiger partial charge is 0.356 e. The molecule has 0 saturated carbocycles. The highest BCUT2D eigenvalue weighted by Gasteiger charge is 2.03. The second-order valence-corrected chi connectivity index (χ2v) is 4.96. The Balaban J connectivity index is 3.31. The first-order chi connectivity index (χ1) is 8.70. The van der Waals surface area contributed by atoms with Crippen LogP contribution in [0.3, 0.4) is 0 Å². The summed E-state index contributed by atoms with van der Waals surface area (Å²) in [6.07, 6.45) is 7.52. The van der Waals surface area contributed by atoms with Gasteiger partial charge in [-0.2, -0.15) is 0 Å². The average Bonchev–Trinajstić information content (AvgIpc) is 2.38. The average molecular weight is 257 g/mol. The van der Waals surface area contributed by atoms with Crippen molar-refractivity contribution in [3.05, 3.63) is 0 Å². The van der Waals surface area contributed by atoms with E-state index in [-0.39, 0.29) is 5.91 Å². The molecule has 4 heteroatoms. The van der Waals surface area contributed by atoms with E-state index in [1.54, 1.807) is 0 Å². The van der Waals surface area contributed by atoms with Crippen molar-refractivity contribution < 1.29 is 4.79 Å². The van der Waals surface area contributed by atoms with Crippen LogP contribution in [-0.2, 0) is 4.79 Å². The molecule has 0 aliphatic heterocycles. The van der Waals surface area contributed by atoms with Crippen molar-refractivity contribution in [1.29, 1.82) is 0 Å². The van der Waals surface area contributed by atoms with E-state index in [0.29, 0.717) is 6.42 Å². The minimum absolute atomic E-state index is 0.178. The fourth-order valence-corrected chi connectivity index (χ4v) is 1.77. The van der Waals surface area contributed by atoms with Gasteiger partial charge in [-0.25, -0.2) is 0 Å². The summed E-state index contributed by atoms with van der Waals surface area (Å²) in [4.78, 5) is 13.8. The van der Waals surface area contributed by atoms with E-state index >= 15 is 0 Å². The lowest BCUT2D eigenvalue weighted by Gasteiger charge is -2.15. The molecule has 0 aromatic heterocycles. The van der Waals surface area contributed by atoms with Crippen LogP contribution in [0.5, 0.6) is 0 Å². The number of nitrogens with two attached hydrogens (primary N) is 1. The molecule has 0 aliphatic carbocycles. The first-order valence-electron chi connectivity index (χ1n) is 7.36. The molecule has 0 aromatic rings. The summed E-state index contributed by atoms with van der Waals surface area (Å²) in [6.45, 7) is 5.71. The first kappa shape index (κ1) is 17.4. The van der Waals surface area contributed by atoms with Crippen LogP contribution in [0.2, 0.25) is 0 Å². The van der Waals surface area contributed by atoms with Crippen molar-refractivity contribution in [3.63, 3.8) is 0 Å². The molecule has 4 nitrogen and oxygen atoms in total. The molecule has 0 spiro atoms. The highest BCUT2D eigenvalue weighted by molar-refractivity contribution is 5.75. The summed E-state index contributed by atoms with van der Waals surface area (Å²) in [5.41, 5.74) is 5.42. The van der Waals surface area contributed by atoms with E-state index < -0.39 is 0 Å². The lowest BCUT2D eigenvalue weighted by Crippen LogP contribution is -2.29. The Kier molecular flexibility index (Phi) is 12.4. The SMILES string of the molecule is CCCCN(C)CCC(=O)NCCCCCCN. The van der Waals surface area contributed by atoms with E-state index in [1.165, 1.54) is 19.3 Å². The maximum atomic E-state index is 11.6. The van der Waals surface area contributed by atoms with Gasteiger partial charge in [0.2, 0.25) is 5.91 Å². The van der Waals surface area contributed by atoms with Crippen molar-refractivity contribution in [2.75, 3.05) is 33.2 Å². The molecule has 0 aromatic carbocycles. The fourth-order valence-electron chi connectivity index (χ4n) is 1.77. The van der Waals surface area contributed by atoms with Gasteiger partial charge in [0.15, 0.2) is 0 Å². The monoisotopic (exact) mass is 257 g/mol. The van der Waals surface area contributed by atoms with Crippen LogP contribution in [0, 0.1) is 0 Å². The number of carbonyl (C=O) groups excluding carboxylic acids is 1. The van der Waals surface area contributed by atoms with Crippen LogP contribution < -0.4 is 11.1 Å². The number of unbranched alkanes of at least 4 members (excludes halogenated alkanes) is 4. The lowest BCUT2D eigenvalue weighted by atomic mass is 10.2. The molecular formula is C14H31N3O. The quantitative estimate of drug-likeness (QED) is 0.524. The van der Waals surface area contributed by atoms with Gasteiger partial charge >= 0.3 is 0 Å². The normalized spacial score (nSPS) is 10.9. The number of hydrogen-bond acceptors (Lipinski definition) is 3. The van der Waals surface area contributed by atoms with E-state index in [0.717, 1.165) is 45.4 Å². The Hall–Kier alpha value is -0.610. The molecule has 1 amide bonds. The maximum Gasteiger partial charge on any atom is 0.221 e. The second kappa shape index (κ2) is 12.8. The summed E-state index contributed by atoms with van der Waals surface area (Å²) < 4.78 is 0. The molecule has 0 atom stereocenters. The van der Waals surface area contributed by atoms with E-state index in [1.807, 2.05) is 0 Å². The molecule has 18 heavy (non-hydrogen) atoms. The van der Waals surface area contributed by atoms with Crippen molar-refractivity contribution >= 4 is 5.91 Å². The van der Waals surface area contributed by atoms with Crippen LogP contribution in [0.1, 0.15) is 51.9 Å². The van der Waals surface area contributed by atoms with Gasteiger partial charge in [0.05, 0.1) is 0 Å². The first-order valence-corrected chi connectivity index (χ1v) is 7.36. The van der Waals surface area contributed by atoms with Gasteiger partial charge in [-0.05, 0) is 39.4 Å². The number of nitrogens with zero attached hydrogens (tertiary/aromatic N) is 1. The molecule has 0 heterocycles. The van der Waals surface area contributed by atoms with Crippen LogP contribution in [0.4, 0.5) is 0 Å². The molecule has 0 saturated heterocycles. The standard InChI is InChI=1S/C14H31N3O/c1-3-4-12-17(2)13-9-14(18)16-11-8-6-5-7-10-15/h3-13,15H2,1-2H3,(H,16,18). The summed E-state index contributed by atoms with van der Waals surface area (Å²) in [5.74, 6) is 0.178. The minimum atomic E-state index is 0.178. The van der Waals surface area contributed by atoms with Gasteiger partial charge in [0, 0.05) is 19.5 Å². The molecular weight excluding hydrogens is 226 g/mol. The van der Waals surface area contributed by atoms with E-state index in [2.05, 4.69) is 24.2 Å². The molecule has 0 bridgehead atoms. The zero-order valence-corrected chi connectivity index (χ0v) is 12.2. The zero-order chi connectivity index (χ0) is 13.6. The zero-order valence-electron chi connectivity index (χ0n) is 12.2. The third kappa shape index (κ3) is 11.9. The van der Waals surface area contributed by atoms with Gasteiger partial charge in [-0.1, -0.05) is 26.2 Å². The molecule has 3 N–H and O–H groups in total. The third-order valence-electron chi connectivity index (χ3n) is 3.07. The molecule has 0 aliphatic rings. The third-order valence-corrected chi connectivity index (χ3v) is 3.07. The van der Waals surface area contributed by atoms with Crippen LogP contribution in [0.25, 0.3) is 0 Å². The Labute approximate surface area is 112 Å². The topological polar surface area (TPSA) is 58.4 Å². The van der Waals surface area contributed by atoms with Gasteiger partial charge in [-0.3, -0.25) is 4.79 Å². The van der Waals surface area contributed by atoms with Crippen LogP contribution >= 0.6 is 0 Å². The summed E-state index contributed by atoms with van der Waals surface area (Å²) in [5, 5.41) is 2.97. The maximum absolute atomic E-state index is 11.6. The molecule has 108 valence electrons. The lowest BCUT2D eigenvalue weighted by molar-refractivity contribution is -0.121. The second-order valence-electron chi connectivity index (χ2n) is 4.96. The van der Waals surface area contributed by atoms with Crippen molar-refractivity contribution in [2.24, 2.45) is 5.73 Å². The predicted octanol–water partition coefficient (Wildman–Crippen LogP) is 1.74. The highest BCUT2D eigenvalue weighted by atomic mass is 16.1. The smallest absolute Gasteiger partial charge is 0.221 e. The Bertz CT molecular complexity index is 197. The van der Waals surface area contributed by atoms with Gasteiger partial charge in [0.1, 0.15) is 0 Å². The number of nitrogens with one attached hydrogen (secondary N) is 1. The predicted molar refractivity (Wildman–Crippen MR) is 77.6 cm³/mol. The molecule has 0 rings (SSSR count). The van der Waals surface area contributed by atoms with E-state index in [9.17, 15) is 4.79 Å². The van der Waals surface area contributed by atoms with Crippen molar-refractivity contribution in [3.8, 4) is 0 Å². The number of amides is 1. The van der Waals surface area contributed by atoms with Crippen molar-refractivity contribution in [1.82, 2.24) is 10.2 Å². The molecule has 0 radical (unpaired) electrons. The number of carbonyl (C=O) groups is 1. The van der Waals surface area contributed by atoms with E-state index in [4.69, 9.17) is 5.73 Å². The molecule has 0 unspecified atom stereocenters. The number of hydrogen-bond donors (Lipinski definition) is 2. The Morgan fingerprint density at radius 3 is 2.50 bits per heavy atom. The van der Waals surface area contributed by atoms with Gasteiger partial charge in [-0.15, -0.1) is 0 Å². The fraction of sp³-hybridized carbons (Fsp3) is 0.929. The highest BCUT2D eigenvalue weighted by Crippen LogP contribution is 1.97. The Morgan fingerprint density at radius 2 is 1.83 bits per heavy atom. The van der Waals surface area contributed by atoms with Crippen LogP contribution in [0.15, 0.2) is 0 Å². The summed E-state index contributed by atoms with van der Waals surface area (Å²) >= 11 is 0. The summed E-state index contributed by atoms with van der Waals surface area (Å²) in [6, 6.07) is 0. The van der Waals surface area contributed by atoms with Crippen LogP contribution in [-0.4, -0.2) is 44.0 Å².